The van der Waals surface area contributed by atoms with E-state index < -0.39 is 45.8 Å². The molecule has 48 heavy (non-hydrogen) atoms. The Bertz CT molecular complexity index is 1780. The van der Waals surface area contributed by atoms with E-state index in [1.807, 2.05) is 64.3 Å². The van der Waals surface area contributed by atoms with Crippen molar-refractivity contribution in [3.8, 4) is 5.75 Å². The SMILES string of the molecule is CCOc1ccc(N(CC(=O)N(Cc2ccccc2F)[C@H](Cc2ccccc2)C(=O)NC(C)(C)C)S(=O)(=O)c2ccc(SC)cc2)cc1. The molecule has 0 saturated carbocycles. The van der Waals surface area contributed by atoms with E-state index >= 15 is 4.39 Å². The van der Waals surface area contributed by atoms with Crippen molar-refractivity contribution in [1.82, 2.24) is 10.2 Å². The highest BCUT2D eigenvalue weighted by Gasteiger charge is 2.36. The van der Waals surface area contributed by atoms with Crippen LogP contribution in [0.5, 0.6) is 5.75 Å². The number of nitrogens with one attached hydrogen (secondary N) is 1. The van der Waals surface area contributed by atoms with Gasteiger partial charge in [0.05, 0.1) is 17.2 Å². The Balaban J connectivity index is 1.83. The Morgan fingerprint density at radius 2 is 1.52 bits per heavy atom. The number of sulfonamides is 1. The lowest BCUT2D eigenvalue weighted by atomic mass is 10.0. The lowest BCUT2D eigenvalue weighted by Gasteiger charge is -2.35. The summed E-state index contributed by atoms with van der Waals surface area (Å²) in [6.07, 6.45) is 2.01. The van der Waals surface area contributed by atoms with Gasteiger partial charge in [0.25, 0.3) is 10.0 Å². The Labute approximate surface area is 287 Å². The van der Waals surface area contributed by atoms with Crippen molar-refractivity contribution < 1.29 is 27.1 Å². The minimum absolute atomic E-state index is 0.00560. The molecule has 1 atom stereocenters. The van der Waals surface area contributed by atoms with Crippen LogP contribution in [0.4, 0.5) is 10.1 Å². The van der Waals surface area contributed by atoms with Crippen LogP contribution in [0.3, 0.4) is 0 Å². The third-order valence-corrected chi connectivity index (χ3v) is 9.96. The fourth-order valence-electron chi connectivity index (χ4n) is 5.10. The lowest BCUT2D eigenvalue weighted by molar-refractivity contribution is -0.140. The number of benzene rings is 4. The van der Waals surface area contributed by atoms with Crippen molar-refractivity contribution in [2.24, 2.45) is 0 Å². The van der Waals surface area contributed by atoms with Gasteiger partial charge in [0, 0.05) is 29.0 Å². The molecule has 0 spiro atoms. The quantitative estimate of drug-likeness (QED) is 0.148. The zero-order valence-electron chi connectivity index (χ0n) is 27.9. The van der Waals surface area contributed by atoms with Gasteiger partial charge in [-0.2, -0.15) is 0 Å². The monoisotopic (exact) mass is 691 g/mol. The second-order valence-corrected chi connectivity index (χ2v) is 14.9. The molecule has 2 amide bonds. The minimum atomic E-state index is -4.29. The summed E-state index contributed by atoms with van der Waals surface area (Å²) >= 11 is 1.47. The summed E-state index contributed by atoms with van der Waals surface area (Å²) in [4.78, 5) is 30.7. The van der Waals surface area contributed by atoms with E-state index in [0.717, 1.165) is 14.8 Å². The molecule has 0 radical (unpaired) electrons. The molecule has 0 fully saturated rings. The third kappa shape index (κ3) is 9.60. The molecular weight excluding hydrogens is 650 g/mol. The van der Waals surface area contributed by atoms with Gasteiger partial charge >= 0.3 is 0 Å². The number of halogens is 1. The molecule has 4 rings (SSSR count). The van der Waals surface area contributed by atoms with Gasteiger partial charge in [-0.15, -0.1) is 11.8 Å². The predicted octanol–water partition coefficient (Wildman–Crippen LogP) is 6.70. The predicted molar refractivity (Wildman–Crippen MR) is 189 cm³/mol. The molecule has 0 aliphatic heterocycles. The summed E-state index contributed by atoms with van der Waals surface area (Å²) in [5, 5.41) is 2.97. The Morgan fingerprint density at radius 1 is 0.896 bits per heavy atom. The van der Waals surface area contributed by atoms with E-state index in [1.54, 1.807) is 54.6 Å². The first kappa shape index (κ1) is 36.5. The van der Waals surface area contributed by atoms with Crippen molar-refractivity contribution >= 4 is 39.3 Å². The average molecular weight is 692 g/mol. The van der Waals surface area contributed by atoms with Crippen LogP contribution in [-0.4, -0.2) is 56.1 Å². The van der Waals surface area contributed by atoms with Crippen LogP contribution in [0.2, 0.25) is 0 Å². The molecular formula is C37H42FN3O5S2. The van der Waals surface area contributed by atoms with Crippen molar-refractivity contribution in [3.63, 3.8) is 0 Å². The maximum Gasteiger partial charge on any atom is 0.264 e. The zero-order valence-corrected chi connectivity index (χ0v) is 29.5. The summed E-state index contributed by atoms with van der Waals surface area (Å²) in [5.74, 6) is -1.13. The standard InChI is InChI=1S/C37H42FN3O5S2/c1-6-46-30-18-16-29(17-19-30)41(48(44,45)32-22-20-31(47-5)21-23-32)26-35(42)40(25-28-14-10-11-15-33(28)38)34(36(43)39-37(2,3)4)24-27-12-8-7-9-13-27/h7-23,34H,6,24-26H2,1-5H3,(H,39,43)/t34-/m1/s1. The van der Waals surface area contributed by atoms with Gasteiger partial charge in [0.2, 0.25) is 11.8 Å². The number of ether oxygens (including phenoxy) is 1. The first-order valence-corrected chi connectivity index (χ1v) is 18.3. The Morgan fingerprint density at radius 3 is 2.10 bits per heavy atom. The van der Waals surface area contributed by atoms with E-state index in [4.69, 9.17) is 4.74 Å². The number of anilines is 1. The maximum absolute atomic E-state index is 15.1. The largest absolute Gasteiger partial charge is 0.494 e. The van der Waals surface area contributed by atoms with Gasteiger partial charge < -0.3 is 15.0 Å². The van der Waals surface area contributed by atoms with Gasteiger partial charge in [-0.1, -0.05) is 48.5 Å². The molecule has 0 aliphatic rings. The van der Waals surface area contributed by atoms with E-state index in [1.165, 1.54) is 34.9 Å². The highest BCUT2D eigenvalue weighted by atomic mass is 32.2. The number of rotatable bonds is 14. The molecule has 11 heteroatoms. The van der Waals surface area contributed by atoms with Crippen LogP contribution in [0.15, 0.2) is 113 Å². The number of hydrogen-bond donors (Lipinski definition) is 1. The third-order valence-electron chi connectivity index (χ3n) is 7.43. The number of hydrogen-bond acceptors (Lipinski definition) is 6. The van der Waals surface area contributed by atoms with Crippen molar-refractivity contribution in [1.29, 1.82) is 0 Å². The van der Waals surface area contributed by atoms with E-state index in [0.29, 0.717) is 12.4 Å². The summed E-state index contributed by atoms with van der Waals surface area (Å²) in [7, 11) is -4.29. The van der Waals surface area contributed by atoms with Crippen LogP contribution < -0.4 is 14.4 Å². The van der Waals surface area contributed by atoms with Gasteiger partial charge in [-0.3, -0.25) is 13.9 Å². The number of nitrogens with zero attached hydrogens (tertiary/aromatic N) is 2. The molecule has 1 N–H and O–H groups in total. The van der Waals surface area contributed by atoms with E-state index in [2.05, 4.69) is 5.32 Å². The topological polar surface area (TPSA) is 96.0 Å². The normalized spacial score (nSPS) is 12.2. The van der Waals surface area contributed by atoms with Crippen LogP contribution in [0.1, 0.15) is 38.8 Å². The fourth-order valence-corrected chi connectivity index (χ4v) is 6.92. The molecule has 254 valence electrons. The van der Waals surface area contributed by atoms with Crippen LogP contribution in [-0.2, 0) is 32.6 Å². The lowest BCUT2D eigenvalue weighted by Crippen LogP contribution is -2.56. The van der Waals surface area contributed by atoms with E-state index in [-0.39, 0.29) is 29.1 Å². The molecule has 4 aromatic carbocycles. The van der Waals surface area contributed by atoms with Gasteiger partial charge in [-0.05, 0) is 94.1 Å². The van der Waals surface area contributed by atoms with Gasteiger partial charge in [-0.25, -0.2) is 12.8 Å². The van der Waals surface area contributed by atoms with Crippen molar-refractivity contribution in [2.45, 2.75) is 62.0 Å². The Kier molecular flexibility index (Phi) is 12.3. The van der Waals surface area contributed by atoms with Crippen LogP contribution in [0, 0.1) is 5.82 Å². The van der Waals surface area contributed by atoms with Crippen LogP contribution >= 0.6 is 11.8 Å². The molecule has 0 saturated heterocycles. The second kappa shape index (κ2) is 16.2. The van der Waals surface area contributed by atoms with Crippen LogP contribution in [0.25, 0.3) is 0 Å². The number of carbonyl (C=O) groups is 2. The van der Waals surface area contributed by atoms with Gasteiger partial charge in [0.1, 0.15) is 24.2 Å². The molecule has 0 bridgehead atoms. The van der Waals surface area contributed by atoms with Crippen molar-refractivity contribution in [3.05, 3.63) is 120 Å². The maximum atomic E-state index is 15.1. The summed E-state index contributed by atoms with van der Waals surface area (Å²) in [5.41, 5.74) is 0.558. The molecule has 0 aromatic heterocycles. The van der Waals surface area contributed by atoms with Gasteiger partial charge in [0.15, 0.2) is 0 Å². The molecule has 8 nitrogen and oxygen atoms in total. The van der Waals surface area contributed by atoms with Crippen molar-refractivity contribution in [2.75, 3.05) is 23.7 Å². The first-order valence-electron chi connectivity index (χ1n) is 15.6. The number of thioether (sulfide) groups is 1. The molecule has 0 aliphatic carbocycles. The highest BCUT2D eigenvalue weighted by molar-refractivity contribution is 7.98. The minimum Gasteiger partial charge on any atom is -0.494 e. The summed E-state index contributed by atoms with van der Waals surface area (Å²) in [6, 6.07) is 26.9. The summed E-state index contributed by atoms with van der Waals surface area (Å²) in [6.45, 7) is 6.84. The smallest absolute Gasteiger partial charge is 0.264 e. The zero-order chi connectivity index (χ0) is 34.9. The molecule has 0 unspecified atom stereocenters. The second-order valence-electron chi connectivity index (χ2n) is 12.2. The molecule has 0 heterocycles. The first-order chi connectivity index (χ1) is 22.8. The van der Waals surface area contributed by atoms with E-state index in [9.17, 15) is 18.0 Å². The fraction of sp³-hybridized carbons (Fsp3) is 0.297. The number of amides is 2. The number of carbonyl (C=O) groups excluding carboxylic acids is 2. The average Bonchev–Trinajstić information content (AvgIpc) is 3.06. The Hall–Kier alpha value is -4.35. The summed E-state index contributed by atoms with van der Waals surface area (Å²) < 4.78 is 50.3. The molecule has 4 aromatic rings. The highest BCUT2D eigenvalue weighted by Crippen LogP contribution is 2.28.